The summed E-state index contributed by atoms with van der Waals surface area (Å²) in [6.07, 6.45) is 1.18. The minimum absolute atomic E-state index is 0.0895. The largest absolute Gasteiger partial charge is 0.381 e. The number of hydrogen-bond donors (Lipinski definition) is 1. The zero-order valence-electron chi connectivity index (χ0n) is 8.21. The molecule has 0 saturated carbocycles. The van der Waals surface area contributed by atoms with Gasteiger partial charge in [-0.2, -0.15) is 0 Å². The maximum atomic E-state index is 11.9. The molecule has 2 saturated heterocycles. The van der Waals surface area contributed by atoms with E-state index in [-0.39, 0.29) is 11.9 Å². The maximum absolute atomic E-state index is 11.9. The van der Waals surface area contributed by atoms with E-state index >= 15 is 0 Å². The van der Waals surface area contributed by atoms with E-state index in [1.807, 2.05) is 0 Å². The summed E-state index contributed by atoms with van der Waals surface area (Å²) >= 11 is 0. The average molecular weight is 198 g/mol. The number of ether oxygens (including phenoxy) is 1. The Labute approximate surface area is 82.4 Å². The molecule has 14 heavy (non-hydrogen) atoms. The van der Waals surface area contributed by atoms with Crippen molar-refractivity contribution >= 4 is 11.9 Å². The molecule has 2 rings (SSSR count). The number of carbonyl (C=O) groups excluding carboxylic acids is 2. The number of likely N-dealkylation sites (N-methyl/N-ethyl adjacent to an activating group) is 1. The Morgan fingerprint density at radius 2 is 2.07 bits per heavy atom. The Hall–Kier alpha value is -1.10. The molecule has 2 fully saturated rings. The summed E-state index contributed by atoms with van der Waals surface area (Å²) in [7, 11) is 0. The summed E-state index contributed by atoms with van der Waals surface area (Å²) < 4.78 is 5.19. The first-order valence-corrected chi connectivity index (χ1v) is 4.91. The first-order valence-electron chi connectivity index (χ1n) is 4.91. The van der Waals surface area contributed by atoms with Crippen molar-refractivity contribution in [2.45, 2.75) is 25.3 Å². The lowest BCUT2D eigenvalue weighted by atomic mass is 9.90. The second-order valence-electron chi connectivity index (χ2n) is 3.67. The summed E-state index contributed by atoms with van der Waals surface area (Å²) in [5.41, 5.74) is -0.661. The van der Waals surface area contributed by atoms with Crippen LogP contribution < -0.4 is 5.32 Å². The van der Waals surface area contributed by atoms with Gasteiger partial charge in [-0.1, -0.05) is 0 Å². The SMILES string of the molecule is CCN1C(=O)NC2(CCOCC2)C1=O. The fourth-order valence-corrected chi connectivity index (χ4v) is 2.02. The number of amides is 3. The van der Waals surface area contributed by atoms with E-state index in [4.69, 9.17) is 4.74 Å². The van der Waals surface area contributed by atoms with Gasteiger partial charge in [0.05, 0.1) is 0 Å². The van der Waals surface area contributed by atoms with Crippen LogP contribution in [-0.4, -0.2) is 42.1 Å². The van der Waals surface area contributed by atoms with Gasteiger partial charge in [-0.3, -0.25) is 9.69 Å². The van der Waals surface area contributed by atoms with E-state index in [0.29, 0.717) is 32.6 Å². The molecule has 2 aliphatic rings. The van der Waals surface area contributed by atoms with Crippen LogP contribution >= 0.6 is 0 Å². The summed E-state index contributed by atoms with van der Waals surface area (Å²) in [4.78, 5) is 24.6. The van der Waals surface area contributed by atoms with Gasteiger partial charge in [0.25, 0.3) is 5.91 Å². The highest BCUT2D eigenvalue weighted by molar-refractivity contribution is 6.07. The van der Waals surface area contributed by atoms with Gasteiger partial charge in [-0.15, -0.1) is 0 Å². The van der Waals surface area contributed by atoms with Crippen LogP contribution in [0.3, 0.4) is 0 Å². The molecule has 0 aromatic rings. The van der Waals surface area contributed by atoms with Gasteiger partial charge in [0.15, 0.2) is 0 Å². The van der Waals surface area contributed by atoms with Crippen LogP contribution in [0, 0.1) is 0 Å². The van der Waals surface area contributed by atoms with Crippen LogP contribution in [0.1, 0.15) is 19.8 Å². The van der Waals surface area contributed by atoms with Crippen molar-refractivity contribution in [3.8, 4) is 0 Å². The number of carbonyl (C=O) groups is 2. The number of nitrogens with one attached hydrogen (secondary N) is 1. The van der Waals surface area contributed by atoms with E-state index in [0.717, 1.165) is 0 Å². The first kappa shape index (κ1) is 9.45. The number of rotatable bonds is 1. The fourth-order valence-electron chi connectivity index (χ4n) is 2.02. The molecule has 1 spiro atoms. The second-order valence-corrected chi connectivity index (χ2v) is 3.67. The molecule has 0 unspecified atom stereocenters. The molecule has 78 valence electrons. The molecule has 5 nitrogen and oxygen atoms in total. The van der Waals surface area contributed by atoms with Crippen LogP contribution in [0.2, 0.25) is 0 Å². The van der Waals surface area contributed by atoms with Gasteiger partial charge in [-0.05, 0) is 6.92 Å². The van der Waals surface area contributed by atoms with Gasteiger partial charge < -0.3 is 10.1 Å². The molecule has 0 atom stereocenters. The third kappa shape index (κ3) is 1.19. The van der Waals surface area contributed by atoms with Crippen molar-refractivity contribution < 1.29 is 14.3 Å². The third-order valence-electron chi connectivity index (χ3n) is 2.91. The van der Waals surface area contributed by atoms with Gasteiger partial charge in [0.1, 0.15) is 5.54 Å². The highest BCUT2D eigenvalue weighted by atomic mass is 16.5. The zero-order chi connectivity index (χ0) is 10.2. The average Bonchev–Trinajstić information content (AvgIpc) is 2.40. The Bertz CT molecular complexity index is 271. The molecular weight excluding hydrogens is 184 g/mol. The van der Waals surface area contributed by atoms with E-state index in [2.05, 4.69) is 5.32 Å². The zero-order valence-corrected chi connectivity index (χ0v) is 8.21. The number of hydrogen-bond acceptors (Lipinski definition) is 3. The Morgan fingerprint density at radius 3 is 2.57 bits per heavy atom. The fraction of sp³-hybridized carbons (Fsp3) is 0.778. The molecule has 0 aliphatic carbocycles. The van der Waals surface area contributed by atoms with Crippen LogP contribution in [0.5, 0.6) is 0 Å². The number of imide groups is 1. The summed E-state index contributed by atoms with van der Waals surface area (Å²) in [5.74, 6) is -0.0895. The maximum Gasteiger partial charge on any atom is 0.325 e. The monoisotopic (exact) mass is 198 g/mol. The standard InChI is InChI=1S/C9H14N2O3/c1-2-11-7(12)9(10-8(11)13)3-5-14-6-4-9/h2-6H2,1H3,(H,10,13). The van der Waals surface area contributed by atoms with E-state index in [1.54, 1.807) is 6.92 Å². The number of nitrogens with zero attached hydrogens (tertiary/aromatic N) is 1. The van der Waals surface area contributed by atoms with Gasteiger partial charge in [0, 0.05) is 32.6 Å². The van der Waals surface area contributed by atoms with Gasteiger partial charge in [-0.25, -0.2) is 4.79 Å². The van der Waals surface area contributed by atoms with Crippen molar-refractivity contribution in [1.82, 2.24) is 10.2 Å². The van der Waals surface area contributed by atoms with Crippen LogP contribution in [-0.2, 0) is 9.53 Å². The topological polar surface area (TPSA) is 58.6 Å². The molecule has 0 aromatic carbocycles. The minimum Gasteiger partial charge on any atom is -0.381 e. The van der Waals surface area contributed by atoms with Crippen molar-refractivity contribution in [2.24, 2.45) is 0 Å². The molecule has 5 heteroatoms. The number of urea groups is 1. The van der Waals surface area contributed by atoms with E-state index in [1.165, 1.54) is 4.90 Å². The predicted molar refractivity (Wildman–Crippen MR) is 48.7 cm³/mol. The van der Waals surface area contributed by atoms with Crippen molar-refractivity contribution in [3.63, 3.8) is 0 Å². The van der Waals surface area contributed by atoms with Gasteiger partial charge >= 0.3 is 6.03 Å². The molecule has 0 bridgehead atoms. The Kier molecular flexibility index (Phi) is 2.19. The van der Waals surface area contributed by atoms with Crippen molar-refractivity contribution in [1.29, 1.82) is 0 Å². The van der Waals surface area contributed by atoms with Crippen LogP contribution in [0.15, 0.2) is 0 Å². The summed E-state index contributed by atoms with van der Waals surface area (Å²) in [6, 6.07) is -0.264. The first-order chi connectivity index (χ1) is 6.69. The molecule has 2 heterocycles. The van der Waals surface area contributed by atoms with Crippen molar-refractivity contribution in [3.05, 3.63) is 0 Å². The van der Waals surface area contributed by atoms with E-state index in [9.17, 15) is 9.59 Å². The Balaban J connectivity index is 2.21. The van der Waals surface area contributed by atoms with Gasteiger partial charge in [0.2, 0.25) is 0 Å². The van der Waals surface area contributed by atoms with E-state index < -0.39 is 5.54 Å². The van der Waals surface area contributed by atoms with Crippen molar-refractivity contribution in [2.75, 3.05) is 19.8 Å². The lowest BCUT2D eigenvalue weighted by molar-refractivity contribution is -0.134. The molecule has 1 N–H and O–H groups in total. The van der Waals surface area contributed by atoms with Crippen LogP contribution in [0.25, 0.3) is 0 Å². The predicted octanol–water partition coefficient (Wildman–Crippen LogP) is 0.107. The smallest absolute Gasteiger partial charge is 0.325 e. The molecular formula is C9H14N2O3. The second kappa shape index (κ2) is 3.24. The summed E-state index contributed by atoms with van der Waals surface area (Å²) in [5, 5.41) is 2.78. The molecule has 3 amide bonds. The molecule has 0 aromatic heterocycles. The van der Waals surface area contributed by atoms with Crippen LogP contribution in [0.4, 0.5) is 4.79 Å². The third-order valence-corrected chi connectivity index (χ3v) is 2.91. The Morgan fingerprint density at radius 1 is 1.43 bits per heavy atom. The lowest BCUT2D eigenvalue weighted by Crippen LogP contribution is -2.51. The lowest BCUT2D eigenvalue weighted by Gasteiger charge is -2.30. The summed E-state index contributed by atoms with van der Waals surface area (Å²) in [6.45, 7) is 3.33. The quantitative estimate of drug-likeness (QED) is 0.608. The normalized spacial score (nSPS) is 25.6. The minimum atomic E-state index is -0.661. The molecule has 2 aliphatic heterocycles. The molecule has 0 radical (unpaired) electrons. The highest BCUT2D eigenvalue weighted by Crippen LogP contribution is 2.27. The highest BCUT2D eigenvalue weighted by Gasteiger charge is 2.50.